The SMILES string of the molecule is O[C@@H](CN1CCCN(c2nc(-c3ccccc3)ns2)CC1)C(F)(F)F. The van der Waals surface area contributed by atoms with Gasteiger partial charge in [0, 0.05) is 49.8 Å². The largest absolute Gasteiger partial charge is 0.415 e. The van der Waals surface area contributed by atoms with Gasteiger partial charge in [0.25, 0.3) is 0 Å². The fraction of sp³-hybridized carbons (Fsp3) is 0.500. The normalized spacial score (nSPS) is 18.2. The summed E-state index contributed by atoms with van der Waals surface area (Å²) in [6.07, 6.45) is -6.16. The molecule has 0 bridgehead atoms. The molecule has 136 valence electrons. The Morgan fingerprint density at radius 2 is 1.88 bits per heavy atom. The number of benzene rings is 1. The minimum absolute atomic E-state index is 0.386. The van der Waals surface area contributed by atoms with Crippen LogP contribution in [0.25, 0.3) is 11.4 Å². The molecule has 0 unspecified atom stereocenters. The Morgan fingerprint density at radius 3 is 2.60 bits per heavy atom. The van der Waals surface area contributed by atoms with Gasteiger partial charge in [-0.25, -0.2) is 0 Å². The van der Waals surface area contributed by atoms with Crippen molar-refractivity contribution in [2.45, 2.75) is 18.7 Å². The quantitative estimate of drug-likeness (QED) is 0.894. The van der Waals surface area contributed by atoms with Crippen molar-refractivity contribution in [3.8, 4) is 11.4 Å². The molecule has 0 aliphatic carbocycles. The Bertz CT molecular complexity index is 680. The predicted octanol–water partition coefficient (Wildman–Crippen LogP) is 2.64. The number of rotatable bonds is 4. The van der Waals surface area contributed by atoms with Gasteiger partial charge in [-0.15, -0.1) is 0 Å². The molecule has 1 fully saturated rings. The molecule has 25 heavy (non-hydrogen) atoms. The van der Waals surface area contributed by atoms with E-state index in [1.807, 2.05) is 35.2 Å². The molecule has 0 spiro atoms. The van der Waals surface area contributed by atoms with Crippen molar-refractivity contribution >= 4 is 16.7 Å². The van der Waals surface area contributed by atoms with Crippen LogP contribution in [0.4, 0.5) is 18.3 Å². The number of halogens is 3. The van der Waals surface area contributed by atoms with Gasteiger partial charge in [-0.3, -0.25) is 4.90 Å². The Labute approximate surface area is 147 Å². The number of β-amino-alcohol motifs (C(OH)–C–C–N with tert-alkyl or cyclic N) is 1. The first-order valence-corrected chi connectivity index (χ1v) is 8.82. The first-order valence-electron chi connectivity index (χ1n) is 8.05. The average Bonchev–Trinajstić information content (AvgIpc) is 2.96. The molecule has 2 heterocycles. The van der Waals surface area contributed by atoms with Crippen LogP contribution in [0, 0.1) is 0 Å². The molecule has 1 aromatic carbocycles. The van der Waals surface area contributed by atoms with E-state index in [9.17, 15) is 18.3 Å². The van der Waals surface area contributed by atoms with Gasteiger partial charge in [0.05, 0.1) is 0 Å². The third kappa shape index (κ3) is 4.68. The molecule has 3 rings (SSSR count). The lowest BCUT2D eigenvalue weighted by Crippen LogP contribution is -2.42. The molecule has 5 nitrogen and oxygen atoms in total. The van der Waals surface area contributed by atoms with Crippen LogP contribution in [0.1, 0.15) is 6.42 Å². The summed E-state index contributed by atoms with van der Waals surface area (Å²) in [6, 6.07) is 9.65. The fourth-order valence-corrected chi connectivity index (χ4v) is 3.48. The predicted molar refractivity (Wildman–Crippen MR) is 90.7 cm³/mol. The highest BCUT2D eigenvalue weighted by molar-refractivity contribution is 7.09. The topological polar surface area (TPSA) is 52.5 Å². The smallest absolute Gasteiger partial charge is 0.382 e. The number of aliphatic hydroxyl groups is 1. The summed E-state index contributed by atoms with van der Waals surface area (Å²) >= 11 is 1.30. The molecule has 0 radical (unpaired) electrons. The molecule has 0 saturated carbocycles. The van der Waals surface area contributed by atoms with Gasteiger partial charge in [0.15, 0.2) is 11.9 Å². The molecule has 1 aliphatic rings. The molecular weight excluding hydrogens is 353 g/mol. The van der Waals surface area contributed by atoms with Crippen LogP contribution in [0.5, 0.6) is 0 Å². The minimum Gasteiger partial charge on any atom is -0.382 e. The second-order valence-electron chi connectivity index (χ2n) is 5.97. The number of nitrogens with zero attached hydrogens (tertiary/aromatic N) is 4. The Balaban J connectivity index is 1.61. The monoisotopic (exact) mass is 372 g/mol. The van der Waals surface area contributed by atoms with Crippen LogP contribution in [0.3, 0.4) is 0 Å². The first kappa shape index (κ1) is 18.1. The van der Waals surface area contributed by atoms with E-state index >= 15 is 0 Å². The molecule has 1 atom stereocenters. The highest BCUT2D eigenvalue weighted by Crippen LogP contribution is 2.25. The zero-order valence-corrected chi connectivity index (χ0v) is 14.3. The summed E-state index contributed by atoms with van der Waals surface area (Å²) in [5.74, 6) is 0.661. The number of alkyl halides is 3. The van der Waals surface area contributed by atoms with E-state index in [2.05, 4.69) is 9.36 Å². The molecule has 9 heteroatoms. The summed E-state index contributed by atoms with van der Waals surface area (Å²) in [5, 5.41) is 10.0. The third-order valence-corrected chi connectivity index (χ3v) is 4.89. The Hall–Kier alpha value is -1.71. The second-order valence-corrected chi connectivity index (χ2v) is 6.70. The van der Waals surface area contributed by atoms with Gasteiger partial charge in [-0.2, -0.15) is 22.5 Å². The van der Waals surface area contributed by atoms with Crippen LogP contribution >= 0.6 is 11.5 Å². The Morgan fingerprint density at radius 1 is 1.12 bits per heavy atom. The lowest BCUT2D eigenvalue weighted by molar-refractivity contribution is -0.208. The highest BCUT2D eigenvalue weighted by atomic mass is 32.1. The van der Waals surface area contributed by atoms with Crippen molar-refractivity contribution in [3.05, 3.63) is 30.3 Å². The number of hydrogen-bond acceptors (Lipinski definition) is 6. The zero-order valence-electron chi connectivity index (χ0n) is 13.5. The summed E-state index contributed by atoms with van der Waals surface area (Å²) in [7, 11) is 0. The summed E-state index contributed by atoms with van der Waals surface area (Å²) in [4.78, 5) is 8.25. The number of aliphatic hydroxyl groups excluding tert-OH is 1. The van der Waals surface area contributed by atoms with Crippen LogP contribution in [0.15, 0.2) is 30.3 Å². The number of anilines is 1. The van der Waals surface area contributed by atoms with Crippen molar-refractivity contribution in [1.29, 1.82) is 0 Å². The maximum absolute atomic E-state index is 12.5. The van der Waals surface area contributed by atoms with Gasteiger partial charge >= 0.3 is 6.18 Å². The van der Waals surface area contributed by atoms with Gasteiger partial charge in [-0.1, -0.05) is 30.3 Å². The van der Waals surface area contributed by atoms with Crippen LogP contribution in [-0.4, -0.2) is 64.4 Å². The van der Waals surface area contributed by atoms with E-state index in [4.69, 9.17) is 0 Å². The maximum atomic E-state index is 12.5. The number of aromatic nitrogens is 2. The molecule has 2 aromatic rings. The standard InChI is InChI=1S/C16H19F3N4OS/c17-16(18,19)13(24)11-22-7-4-8-23(10-9-22)15-20-14(21-25-15)12-5-2-1-3-6-12/h1-3,5-6,13,24H,4,7-11H2/t13-/m0/s1. The summed E-state index contributed by atoms with van der Waals surface area (Å²) in [5.41, 5.74) is 0.940. The van der Waals surface area contributed by atoms with E-state index in [-0.39, 0.29) is 6.54 Å². The number of hydrogen-bond donors (Lipinski definition) is 1. The lowest BCUT2D eigenvalue weighted by atomic mass is 10.2. The van der Waals surface area contributed by atoms with E-state index < -0.39 is 12.3 Å². The second kappa shape index (κ2) is 7.67. The van der Waals surface area contributed by atoms with Crippen molar-refractivity contribution in [2.75, 3.05) is 37.6 Å². The summed E-state index contributed by atoms with van der Waals surface area (Å²) in [6.45, 7) is 1.86. The molecule has 1 saturated heterocycles. The molecule has 1 N–H and O–H groups in total. The van der Waals surface area contributed by atoms with E-state index in [0.29, 0.717) is 38.4 Å². The fourth-order valence-electron chi connectivity index (χ4n) is 2.74. The highest BCUT2D eigenvalue weighted by Gasteiger charge is 2.39. The van der Waals surface area contributed by atoms with E-state index in [1.165, 1.54) is 11.5 Å². The first-order chi connectivity index (χ1) is 11.9. The van der Waals surface area contributed by atoms with Gasteiger partial charge in [-0.05, 0) is 6.42 Å². The molecule has 0 amide bonds. The molecular formula is C16H19F3N4OS. The van der Waals surface area contributed by atoms with Gasteiger partial charge in [0.1, 0.15) is 0 Å². The van der Waals surface area contributed by atoms with Crippen molar-refractivity contribution < 1.29 is 18.3 Å². The van der Waals surface area contributed by atoms with Crippen LogP contribution < -0.4 is 4.90 Å². The lowest BCUT2D eigenvalue weighted by Gasteiger charge is -2.24. The van der Waals surface area contributed by atoms with E-state index in [1.54, 1.807) is 4.90 Å². The third-order valence-electron chi connectivity index (χ3n) is 4.12. The van der Waals surface area contributed by atoms with Crippen molar-refractivity contribution in [2.24, 2.45) is 0 Å². The van der Waals surface area contributed by atoms with Crippen LogP contribution in [-0.2, 0) is 0 Å². The van der Waals surface area contributed by atoms with Gasteiger partial charge < -0.3 is 10.0 Å². The average molecular weight is 372 g/mol. The molecule has 1 aliphatic heterocycles. The van der Waals surface area contributed by atoms with E-state index in [0.717, 1.165) is 10.7 Å². The maximum Gasteiger partial charge on any atom is 0.415 e. The molecule has 1 aromatic heterocycles. The van der Waals surface area contributed by atoms with Gasteiger partial charge in [0.2, 0.25) is 5.13 Å². The van der Waals surface area contributed by atoms with Crippen molar-refractivity contribution in [1.82, 2.24) is 14.3 Å². The Kier molecular flexibility index (Phi) is 5.55. The zero-order chi connectivity index (χ0) is 17.9. The minimum atomic E-state index is -4.57. The van der Waals surface area contributed by atoms with Crippen molar-refractivity contribution in [3.63, 3.8) is 0 Å². The van der Waals surface area contributed by atoms with Crippen LogP contribution in [0.2, 0.25) is 0 Å². The summed E-state index contributed by atoms with van der Waals surface area (Å²) < 4.78 is 41.9.